The van der Waals surface area contributed by atoms with E-state index in [2.05, 4.69) is 16.6 Å². The van der Waals surface area contributed by atoms with Crippen molar-refractivity contribution in [1.82, 2.24) is 4.98 Å². The smallest absolute Gasteiger partial charge is 0.388 e. The summed E-state index contributed by atoms with van der Waals surface area (Å²) in [5.41, 5.74) is 1.39. The van der Waals surface area contributed by atoms with Crippen molar-refractivity contribution in [3.05, 3.63) is 59.8 Å². The lowest BCUT2D eigenvalue weighted by atomic mass is 9.85. The number of ether oxygens (including phenoxy) is 2. The fourth-order valence-electron chi connectivity index (χ4n) is 3.06. The summed E-state index contributed by atoms with van der Waals surface area (Å²) in [6.45, 7) is 4.65. The Morgan fingerprint density at radius 1 is 1.07 bits per heavy atom. The molecule has 2 aromatic rings. The van der Waals surface area contributed by atoms with Crippen LogP contribution in [0.1, 0.15) is 63.5 Å². The first-order valence-corrected chi connectivity index (χ1v) is 9.31. The van der Waals surface area contributed by atoms with Gasteiger partial charge in [-0.05, 0) is 50.2 Å². The number of pyridine rings is 1. The molecule has 152 valence electrons. The number of carbonyl (C=O) groups excluding carboxylic acids is 1. The molecule has 1 aromatic heterocycles. The lowest BCUT2D eigenvalue weighted by Gasteiger charge is -2.24. The minimum Gasteiger partial charge on any atom is -0.460 e. The van der Waals surface area contributed by atoms with Gasteiger partial charge >= 0.3 is 12.6 Å². The third-order valence-electron chi connectivity index (χ3n) is 4.28. The lowest BCUT2D eigenvalue weighted by Crippen LogP contribution is -2.25. The van der Waals surface area contributed by atoms with Crippen molar-refractivity contribution in [2.24, 2.45) is 0 Å². The SMILES string of the molecule is C[C@@H](C[C@@H](CC(=O)OC(C)(C)C)c1ccc(OC(F)F)nc1)c1ccccc1. The molecular formula is C22H27F2NO3. The molecule has 0 aliphatic carbocycles. The van der Waals surface area contributed by atoms with Gasteiger partial charge in [0.05, 0.1) is 6.42 Å². The van der Waals surface area contributed by atoms with Crippen LogP contribution in [0.4, 0.5) is 8.78 Å². The van der Waals surface area contributed by atoms with Gasteiger partial charge in [0, 0.05) is 12.3 Å². The molecule has 0 spiro atoms. The van der Waals surface area contributed by atoms with E-state index in [1.54, 1.807) is 6.07 Å². The Kier molecular flexibility index (Phi) is 7.49. The molecule has 0 saturated heterocycles. The minimum absolute atomic E-state index is 0.147. The summed E-state index contributed by atoms with van der Waals surface area (Å²) >= 11 is 0. The molecule has 0 saturated carbocycles. The van der Waals surface area contributed by atoms with Crippen molar-refractivity contribution in [2.75, 3.05) is 0 Å². The Morgan fingerprint density at radius 2 is 1.75 bits per heavy atom. The van der Waals surface area contributed by atoms with Crippen LogP contribution >= 0.6 is 0 Å². The second-order valence-electron chi connectivity index (χ2n) is 7.84. The summed E-state index contributed by atoms with van der Waals surface area (Å²) in [5.74, 6) is -0.402. The van der Waals surface area contributed by atoms with E-state index < -0.39 is 12.2 Å². The van der Waals surface area contributed by atoms with Crippen LogP contribution in [-0.4, -0.2) is 23.2 Å². The average Bonchev–Trinajstić information content (AvgIpc) is 2.60. The van der Waals surface area contributed by atoms with E-state index in [9.17, 15) is 13.6 Å². The van der Waals surface area contributed by atoms with E-state index >= 15 is 0 Å². The molecule has 0 aliphatic heterocycles. The molecule has 1 heterocycles. The van der Waals surface area contributed by atoms with Crippen molar-refractivity contribution < 1.29 is 23.0 Å². The van der Waals surface area contributed by atoms with Crippen molar-refractivity contribution in [3.63, 3.8) is 0 Å². The molecule has 6 heteroatoms. The number of hydrogen-bond acceptors (Lipinski definition) is 4. The number of rotatable bonds is 8. The van der Waals surface area contributed by atoms with Gasteiger partial charge in [-0.2, -0.15) is 8.78 Å². The maximum atomic E-state index is 12.4. The molecule has 28 heavy (non-hydrogen) atoms. The third kappa shape index (κ3) is 7.25. The van der Waals surface area contributed by atoms with E-state index in [0.29, 0.717) is 6.42 Å². The summed E-state index contributed by atoms with van der Waals surface area (Å²) in [7, 11) is 0. The first kappa shape index (κ1) is 21.8. The Balaban J connectivity index is 2.18. The summed E-state index contributed by atoms with van der Waals surface area (Å²) < 4.78 is 34.5. The van der Waals surface area contributed by atoms with Crippen LogP contribution in [0.2, 0.25) is 0 Å². The number of carbonyl (C=O) groups is 1. The average molecular weight is 391 g/mol. The second kappa shape index (κ2) is 9.62. The molecule has 0 N–H and O–H groups in total. The number of hydrogen-bond donors (Lipinski definition) is 0. The fourth-order valence-corrected chi connectivity index (χ4v) is 3.06. The molecular weight excluding hydrogens is 364 g/mol. The molecule has 4 nitrogen and oxygen atoms in total. The summed E-state index contributed by atoms with van der Waals surface area (Å²) in [6, 6.07) is 13.1. The van der Waals surface area contributed by atoms with Crippen LogP contribution in [0.5, 0.6) is 5.88 Å². The summed E-state index contributed by atoms with van der Waals surface area (Å²) in [4.78, 5) is 16.4. The number of aromatic nitrogens is 1. The van der Waals surface area contributed by atoms with Gasteiger partial charge in [0.1, 0.15) is 5.60 Å². The number of halogens is 2. The molecule has 0 amide bonds. The molecule has 1 aromatic carbocycles. The van der Waals surface area contributed by atoms with Gasteiger partial charge in [0.25, 0.3) is 0 Å². The minimum atomic E-state index is -2.92. The quantitative estimate of drug-likeness (QED) is 0.542. The zero-order valence-corrected chi connectivity index (χ0v) is 16.7. The number of benzene rings is 1. The highest BCUT2D eigenvalue weighted by molar-refractivity contribution is 5.71. The zero-order valence-electron chi connectivity index (χ0n) is 16.7. The van der Waals surface area contributed by atoms with Crippen LogP contribution in [-0.2, 0) is 9.53 Å². The molecule has 0 fully saturated rings. The van der Waals surface area contributed by atoms with E-state index in [-0.39, 0.29) is 30.1 Å². The maximum absolute atomic E-state index is 12.4. The molecule has 0 unspecified atom stereocenters. The Labute approximate surface area is 164 Å². The summed E-state index contributed by atoms with van der Waals surface area (Å²) in [5, 5.41) is 0. The molecule has 0 radical (unpaired) electrons. The first-order valence-electron chi connectivity index (χ1n) is 9.31. The van der Waals surface area contributed by atoms with Gasteiger partial charge < -0.3 is 9.47 Å². The monoisotopic (exact) mass is 391 g/mol. The standard InChI is InChI=1S/C22H27F2NO3/c1-15(16-8-6-5-7-9-16)12-18(13-20(26)28-22(2,3)4)17-10-11-19(25-14-17)27-21(23)24/h5-11,14-15,18,21H,12-13H2,1-4H3/t15-,18-/m0/s1. The number of alkyl halides is 2. The number of nitrogens with zero attached hydrogens (tertiary/aromatic N) is 1. The van der Waals surface area contributed by atoms with E-state index in [0.717, 1.165) is 5.56 Å². The Bertz CT molecular complexity index is 743. The van der Waals surface area contributed by atoms with Gasteiger partial charge in [-0.3, -0.25) is 4.79 Å². The van der Waals surface area contributed by atoms with Crippen molar-refractivity contribution in [2.45, 2.75) is 64.6 Å². The van der Waals surface area contributed by atoms with Gasteiger partial charge in [-0.15, -0.1) is 0 Å². The highest BCUT2D eigenvalue weighted by atomic mass is 19.3. The van der Waals surface area contributed by atoms with Crippen molar-refractivity contribution in [3.8, 4) is 5.88 Å². The van der Waals surface area contributed by atoms with Crippen LogP contribution < -0.4 is 4.74 Å². The first-order chi connectivity index (χ1) is 13.1. The third-order valence-corrected chi connectivity index (χ3v) is 4.28. The Morgan fingerprint density at radius 3 is 2.29 bits per heavy atom. The zero-order chi connectivity index (χ0) is 20.7. The number of esters is 1. The molecule has 0 bridgehead atoms. The van der Waals surface area contributed by atoms with Crippen LogP contribution in [0.15, 0.2) is 48.7 Å². The van der Waals surface area contributed by atoms with E-state index in [4.69, 9.17) is 4.74 Å². The van der Waals surface area contributed by atoms with Crippen LogP contribution in [0.3, 0.4) is 0 Å². The van der Waals surface area contributed by atoms with Gasteiger partial charge in [0.15, 0.2) is 0 Å². The molecule has 0 aliphatic rings. The van der Waals surface area contributed by atoms with E-state index in [1.807, 2.05) is 51.1 Å². The van der Waals surface area contributed by atoms with Crippen LogP contribution in [0.25, 0.3) is 0 Å². The Hall–Kier alpha value is -2.50. The summed E-state index contributed by atoms with van der Waals surface area (Å²) in [6.07, 6.45) is 2.37. The predicted molar refractivity (Wildman–Crippen MR) is 104 cm³/mol. The van der Waals surface area contributed by atoms with Gasteiger partial charge in [-0.25, -0.2) is 4.98 Å². The largest absolute Gasteiger partial charge is 0.460 e. The highest BCUT2D eigenvalue weighted by Gasteiger charge is 2.24. The fraction of sp³-hybridized carbons (Fsp3) is 0.455. The van der Waals surface area contributed by atoms with Gasteiger partial charge in [0.2, 0.25) is 5.88 Å². The van der Waals surface area contributed by atoms with Crippen molar-refractivity contribution >= 4 is 5.97 Å². The highest BCUT2D eigenvalue weighted by Crippen LogP contribution is 2.33. The topological polar surface area (TPSA) is 48.4 Å². The predicted octanol–water partition coefficient (Wildman–Crippen LogP) is 5.69. The second-order valence-corrected chi connectivity index (χ2v) is 7.84. The van der Waals surface area contributed by atoms with Gasteiger partial charge in [-0.1, -0.05) is 43.3 Å². The molecule has 2 rings (SSSR count). The van der Waals surface area contributed by atoms with Crippen LogP contribution in [0, 0.1) is 0 Å². The lowest BCUT2D eigenvalue weighted by molar-refractivity contribution is -0.155. The van der Waals surface area contributed by atoms with Crippen molar-refractivity contribution in [1.29, 1.82) is 0 Å². The maximum Gasteiger partial charge on any atom is 0.388 e. The molecule has 2 atom stereocenters. The normalized spacial score (nSPS) is 13.8. The van der Waals surface area contributed by atoms with E-state index in [1.165, 1.54) is 17.8 Å².